The minimum atomic E-state index is 0.737. The van der Waals surface area contributed by atoms with Crippen LogP contribution in [0.2, 0.25) is 0 Å². The summed E-state index contributed by atoms with van der Waals surface area (Å²) < 4.78 is 0. The number of hydrogen-bond acceptors (Lipinski definition) is 3. The summed E-state index contributed by atoms with van der Waals surface area (Å²) in [6, 6.07) is 0. The van der Waals surface area contributed by atoms with Crippen molar-refractivity contribution in [3.05, 3.63) is 6.92 Å². The van der Waals surface area contributed by atoms with E-state index in [1.165, 1.54) is 45.1 Å². The molecule has 0 rings (SSSR count). The summed E-state index contributed by atoms with van der Waals surface area (Å²) in [6.07, 6.45) is 8.98. The molecule has 1 radical (unpaired) electrons. The predicted octanol–water partition coefficient (Wildman–Crippen LogP) is 1.69. The molecule has 0 heterocycles. The standard InChI is InChI=1S/C13H30N3/c1-2-3-4-5-6-7-10-15-11-8-12-16-13-9-14/h15-16H,1-14H2. The fraction of sp³-hybridized carbons (Fsp3) is 0.923. The lowest BCUT2D eigenvalue weighted by Gasteiger charge is -2.05. The second kappa shape index (κ2) is 14.9. The minimum Gasteiger partial charge on any atom is -0.329 e. The second-order valence-electron chi connectivity index (χ2n) is 4.26. The van der Waals surface area contributed by atoms with Gasteiger partial charge in [0.15, 0.2) is 0 Å². The molecule has 0 aromatic heterocycles. The largest absolute Gasteiger partial charge is 0.329 e. The average Bonchev–Trinajstić information content (AvgIpc) is 2.31. The van der Waals surface area contributed by atoms with Crippen molar-refractivity contribution < 1.29 is 0 Å². The van der Waals surface area contributed by atoms with Gasteiger partial charge in [-0.05, 0) is 32.5 Å². The lowest BCUT2D eigenvalue weighted by atomic mass is 10.1. The van der Waals surface area contributed by atoms with Crippen molar-refractivity contribution in [1.82, 2.24) is 10.6 Å². The Morgan fingerprint density at radius 3 is 1.94 bits per heavy atom. The summed E-state index contributed by atoms with van der Waals surface area (Å²) in [7, 11) is 0. The lowest BCUT2D eigenvalue weighted by molar-refractivity contribution is 0.556. The summed E-state index contributed by atoms with van der Waals surface area (Å²) in [4.78, 5) is 0. The van der Waals surface area contributed by atoms with Gasteiger partial charge < -0.3 is 16.4 Å². The Kier molecular flexibility index (Phi) is 14.8. The van der Waals surface area contributed by atoms with Crippen LogP contribution in [0.5, 0.6) is 0 Å². The highest BCUT2D eigenvalue weighted by Crippen LogP contribution is 2.03. The van der Waals surface area contributed by atoms with Gasteiger partial charge in [-0.3, -0.25) is 0 Å². The Labute approximate surface area is 102 Å². The Bertz CT molecular complexity index is 104. The topological polar surface area (TPSA) is 50.1 Å². The van der Waals surface area contributed by atoms with E-state index in [0.29, 0.717) is 0 Å². The SMILES string of the molecule is [CH2]CCCCCCCNCCCNCCN. The highest BCUT2D eigenvalue weighted by atomic mass is 14.9. The molecule has 3 nitrogen and oxygen atoms in total. The van der Waals surface area contributed by atoms with Gasteiger partial charge in [0.05, 0.1) is 0 Å². The number of hydrogen-bond donors (Lipinski definition) is 3. The van der Waals surface area contributed by atoms with E-state index in [9.17, 15) is 0 Å². The van der Waals surface area contributed by atoms with Crippen molar-refractivity contribution in [2.45, 2.75) is 44.9 Å². The number of nitrogens with two attached hydrogens (primary N) is 1. The van der Waals surface area contributed by atoms with E-state index in [1.807, 2.05) is 0 Å². The van der Waals surface area contributed by atoms with Crippen molar-refractivity contribution in [2.24, 2.45) is 5.73 Å². The molecule has 0 aliphatic carbocycles. The highest BCUT2D eigenvalue weighted by Gasteiger charge is 1.91. The molecule has 0 unspecified atom stereocenters. The van der Waals surface area contributed by atoms with Crippen LogP contribution in [-0.2, 0) is 0 Å². The lowest BCUT2D eigenvalue weighted by Crippen LogP contribution is -2.26. The van der Waals surface area contributed by atoms with Gasteiger partial charge in [0, 0.05) is 13.1 Å². The molecular weight excluding hydrogens is 198 g/mol. The number of rotatable bonds is 13. The monoisotopic (exact) mass is 228 g/mol. The van der Waals surface area contributed by atoms with E-state index in [2.05, 4.69) is 17.6 Å². The van der Waals surface area contributed by atoms with Crippen molar-refractivity contribution in [1.29, 1.82) is 0 Å². The third kappa shape index (κ3) is 13.9. The first kappa shape index (κ1) is 15.9. The summed E-state index contributed by atoms with van der Waals surface area (Å²) in [5.74, 6) is 0. The highest BCUT2D eigenvalue weighted by molar-refractivity contribution is 4.53. The van der Waals surface area contributed by atoms with Gasteiger partial charge >= 0.3 is 0 Å². The zero-order chi connectivity index (χ0) is 11.9. The molecule has 0 aromatic rings. The number of nitrogens with one attached hydrogen (secondary N) is 2. The van der Waals surface area contributed by atoms with Crippen molar-refractivity contribution in [3.63, 3.8) is 0 Å². The van der Waals surface area contributed by atoms with Crippen LogP contribution < -0.4 is 16.4 Å². The van der Waals surface area contributed by atoms with Crippen LogP contribution >= 0.6 is 0 Å². The average molecular weight is 228 g/mol. The number of unbranched alkanes of at least 4 members (excludes halogenated alkanes) is 5. The van der Waals surface area contributed by atoms with Crippen LogP contribution in [0.4, 0.5) is 0 Å². The van der Waals surface area contributed by atoms with E-state index in [-0.39, 0.29) is 0 Å². The van der Waals surface area contributed by atoms with Crippen LogP contribution in [0.15, 0.2) is 0 Å². The zero-order valence-corrected chi connectivity index (χ0v) is 10.8. The second-order valence-corrected chi connectivity index (χ2v) is 4.26. The van der Waals surface area contributed by atoms with E-state index >= 15 is 0 Å². The van der Waals surface area contributed by atoms with E-state index in [1.54, 1.807) is 0 Å². The Morgan fingerprint density at radius 1 is 0.688 bits per heavy atom. The first-order valence-electron chi connectivity index (χ1n) is 6.82. The molecule has 0 saturated carbocycles. The van der Waals surface area contributed by atoms with Crippen LogP contribution in [0.1, 0.15) is 44.9 Å². The van der Waals surface area contributed by atoms with Crippen LogP contribution in [0.3, 0.4) is 0 Å². The summed E-state index contributed by atoms with van der Waals surface area (Å²) in [6.45, 7) is 8.89. The first-order valence-corrected chi connectivity index (χ1v) is 6.82. The summed E-state index contributed by atoms with van der Waals surface area (Å²) in [5.41, 5.74) is 5.38. The van der Waals surface area contributed by atoms with E-state index < -0.39 is 0 Å². The molecule has 3 heteroatoms. The Balaban J connectivity index is 2.83. The Hall–Kier alpha value is -0.120. The fourth-order valence-corrected chi connectivity index (χ4v) is 1.65. The van der Waals surface area contributed by atoms with Crippen molar-refractivity contribution in [2.75, 3.05) is 32.7 Å². The normalized spacial score (nSPS) is 10.9. The molecule has 0 saturated heterocycles. The van der Waals surface area contributed by atoms with Crippen LogP contribution in [-0.4, -0.2) is 32.7 Å². The van der Waals surface area contributed by atoms with Gasteiger partial charge in [0.2, 0.25) is 0 Å². The molecule has 0 fully saturated rings. The van der Waals surface area contributed by atoms with Crippen LogP contribution in [0, 0.1) is 6.92 Å². The van der Waals surface area contributed by atoms with E-state index in [0.717, 1.165) is 32.6 Å². The van der Waals surface area contributed by atoms with Crippen molar-refractivity contribution in [3.8, 4) is 0 Å². The van der Waals surface area contributed by atoms with Gasteiger partial charge in [0.25, 0.3) is 0 Å². The molecule has 0 aliphatic rings. The molecule has 97 valence electrons. The van der Waals surface area contributed by atoms with Gasteiger partial charge in [-0.15, -0.1) is 0 Å². The molecule has 0 bridgehead atoms. The maximum Gasteiger partial charge on any atom is 0.00745 e. The van der Waals surface area contributed by atoms with Gasteiger partial charge in [-0.25, -0.2) is 0 Å². The minimum absolute atomic E-state index is 0.737. The predicted molar refractivity (Wildman–Crippen MR) is 72.5 cm³/mol. The molecular formula is C13H30N3. The summed E-state index contributed by atoms with van der Waals surface area (Å²) in [5, 5.41) is 6.76. The third-order valence-electron chi connectivity index (χ3n) is 2.63. The zero-order valence-electron chi connectivity index (χ0n) is 10.8. The fourth-order valence-electron chi connectivity index (χ4n) is 1.65. The third-order valence-corrected chi connectivity index (χ3v) is 2.63. The molecule has 0 spiro atoms. The van der Waals surface area contributed by atoms with Crippen molar-refractivity contribution >= 4 is 0 Å². The molecule has 0 aliphatic heterocycles. The quantitative estimate of drug-likeness (QED) is 0.420. The Morgan fingerprint density at radius 2 is 1.25 bits per heavy atom. The smallest absolute Gasteiger partial charge is 0.00745 e. The maximum absolute atomic E-state index is 5.38. The summed E-state index contributed by atoms with van der Waals surface area (Å²) >= 11 is 0. The van der Waals surface area contributed by atoms with Gasteiger partial charge in [-0.1, -0.05) is 39.0 Å². The molecule has 0 amide bonds. The molecule has 0 aromatic carbocycles. The molecule has 0 atom stereocenters. The molecule has 16 heavy (non-hydrogen) atoms. The van der Waals surface area contributed by atoms with Crippen LogP contribution in [0.25, 0.3) is 0 Å². The maximum atomic E-state index is 5.38. The van der Waals surface area contributed by atoms with E-state index in [4.69, 9.17) is 5.73 Å². The first-order chi connectivity index (χ1) is 7.91. The molecule has 4 N–H and O–H groups in total. The van der Waals surface area contributed by atoms with Gasteiger partial charge in [-0.2, -0.15) is 0 Å². The van der Waals surface area contributed by atoms with Gasteiger partial charge in [0.1, 0.15) is 0 Å².